The topological polar surface area (TPSA) is 72.2 Å². The molecule has 21 heavy (non-hydrogen) atoms. The van der Waals surface area contributed by atoms with E-state index in [9.17, 15) is 8.42 Å². The molecule has 0 aliphatic heterocycles. The van der Waals surface area contributed by atoms with Crippen molar-refractivity contribution in [3.8, 4) is 0 Å². The summed E-state index contributed by atoms with van der Waals surface area (Å²) >= 11 is 3.39. The van der Waals surface area contributed by atoms with Gasteiger partial charge in [-0.3, -0.25) is 4.72 Å². The number of aryl methyl sites for hydroxylation is 1. The molecule has 2 rings (SSSR count). The fourth-order valence-corrected chi connectivity index (χ4v) is 3.90. The van der Waals surface area contributed by atoms with Crippen LogP contribution in [0.5, 0.6) is 0 Å². The van der Waals surface area contributed by atoms with Gasteiger partial charge in [-0.05, 0) is 61.7 Å². The first kappa shape index (κ1) is 15.9. The number of nitrogens with one attached hydrogen (secondary N) is 1. The second kappa shape index (κ2) is 5.69. The maximum Gasteiger partial charge on any atom is 0.262 e. The lowest BCUT2D eigenvalue weighted by Gasteiger charge is -2.15. The molecule has 0 amide bonds. The van der Waals surface area contributed by atoms with Gasteiger partial charge in [0.25, 0.3) is 10.0 Å². The van der Waals surface area contributed by atoms with E-state index in [1.165, 1.54) is 0 Å². The van der Waals surface area contributed by atoms with Crippen molar-refractivity contribution in [2.24, 2.45) is 0 Å². The van der Waals surface area contributed by atoms with Crippen molar-refractivity contribution >= 4 is 37.3 Å². The van der Waals surface area contributed by atoms with E-state index >= 15 is 0 Å². The van der Waals surface area contributed by atoms with Gasteiger partial charge in [-0.15, -0.1) is 0 Å². The Hall–Kier alpha value is -1.53. The number of rotatable bonds is 3. The van der Waals surface area contributed by atoms with E-state index in [0.29, 0.717) is 16.9 Å². The zero-order chi connectivity index (χ0) is 15.8. The van der Waals surface area contributed by atoms with Gasteiger partial charge in [0, 0.05) is 10.2 Å². The highest BCUT2D eigenvalue weighted by atomic mass is 79.9. The monoisotopic (exact) mass is 368 g/mol. The molecule has 112 valence electrons. The molecule has 2 aromatic rings. The molecule has 3 N–H and O–H groups in total. The van der Waals surface area contributed by atoms with Crippen molar-refractivity contribution in [3.63, 3.8) is 0 Å². The molecule has 0 spiro atoms. The Morgan fingerprint density at radius 2 is 1.76 bits per heavy atom. The van der Waals surface area contributed by atoms with Gasteiger partial charge in [-0.25, -0.2) is 8.42 Å². The zero-order valence-corrected chi connectivity index (χ0v) is 14.5. The Morgan fingerprint density at radius 3 is 2.43 bits per heavy atom. The molecular weight excluding hydrogens is 352 g/mol. The average Bonchev–Trinajstić information content (AvgIpc) is 2.39. The van der Waals surface area contributed by atoms with Gasteiger partial charge in [-0.2, -0.15) is 0 Å². The third-order valence-corrected chi connectivity index (χ3v) is 5.70. The molecule has 0 aliphatic carbocycles. The molecule has 2 aromatic carbocycles. The largest absolute Gasteiger partial charge is 0.398 e. The van der Waals surface area contributed by atoms with Crippen molar-refractivity contribution in [3.05, 3.63) is 51.5 Å². The van der Waals surface area contributed by atoms with Gasteiger partial charge >= 0.3 is 0 Å². The van der Waals surface area contributed by atoms with Gasteiger partial charge in [0.1, 0.15) is 0 Å². The predicted molar refractivity (Wildman–Crippen MR) is 90.0 cm³/mol. The highest BCUT2D eigenvalue weighted by Gasteiger charge is 2.20. The summed E-state index contributed by atoms with van der Waals surface area (Å²) in [4.78, 5) is 0.208. The number of hydrogen-bond donors (Lipinski definition) is 2. The molecule has 0 aromatic heterocycles. The number of anilines is 2. The number of hydrogen-bond acceptors (Lipinski definition) is 3. The fraction of sp³-hybridized carbons (Fsp3) is 0.200. The molecule has 0 bridgehead atoms. The molecule has 0 heterocycles. The van der Waals surface area contributed by atoms with E-state index in [1.807, 2.05) is 19.9 Å². The van der Waals surface area contributed by atoms with Crippen molar-refractivity contribution in [2.75, 3.05) is 10.5 Å². The number of nitrogen functional groups attached to an aromatic ring is 1. The van der Waals surface area contributed by atoms with E-state index in [-0.39, 0.29) is 4.90 Å². The van der Waals surface area contributed by atoms with Gasteiger partial charge in [-0.1, -0.05) is 22.0 Å². The van der Waals surface area contributed by atoms with Crippen molar-refractivity contribution in [1.82, 2.24) is 0 Å². The Kier molecular flexibility index (Phi) is 4.30. The second-order valence-corrected chi connectivity index (χ2v) is 7.50. The number of benzene rings is 2. The van der Waals surface area contributed by atoms with E-state index < -0.39 is 10.0 Å². The number of halogens is 1. The molecule has 6 heteroatoms. The van der Waals surface area contributed by atoms with Crippen LogP contribution in [0.15, 0.2) is 39.7 Å². The molecular formula is C15H17BrN2O2S. The Bertz CT molecular complexity index is 802. The summed E-state index contributed by atoms with van der Waals surface area (Å²) in [6, 6.07) is 8.77. The molecule has 0 atom stereocenters. The molecule has 0 saturated heterocycles. The van der Waals surface area contributed by atoms with Crippen LogP contribution in [-0.4, -0.2) is 8.42 Å². The summed E-state index contributed by atoms with van der Waals surface area (Å²) in [7, 11) is -3.68. The van der Waals surface area contributed by atoms with Crippen LogP contribution in [-0.2, 0) is 10.0 Å². The SMILES string of the molecule is Cc1cc(N)c(C)c(S(=O)(=O)Nc2cccc(Br)c2C)c1. The lowest BCUT2D eigenvalue weighted by molar-refractivity contribution is 0.600. The van der Waals surface area contributed by atoms with Crippen molar-refractivity contribution in [1.29, 1.82) is 0 Å². The first-order valence-corrected chi connectivity index (χ1v) is 8.64. The molecule has 0 aliphatic rings. The van der Waals surface area contributed by atoms with Gasteiger partial charge < -0.3 is 5.73 Å². The second-order valence-electron chi connectivity index (χ2n) is 5.00. The van der Waals surface area contributed by atoms with Crippen LogP contribution in [0.2, 0.25) is 0 Å². The molecule has 0 fully saturated rings. The third-order valence-electron chi connectivity index (χ3n) is 3.35. The summed E-state index contributed by atoms with van der Waals surface area (Å²) in [6.45, 7) is 5.37. The molecule has 4 nitrogen and oxygen atoms in total. The molecule has 0 unspecified atom stereocenters. The average molecular weight is 369 g/mol. The number of sulfonamides is 1. The maximum absolute atomic E-state index is 12.6. The quantitative estimate of drug-likeness (QED) is 0.810. The van der Waals surface area contributed by atoms with E-state index in [2.05, 4.69) is 20.7 Å². The summed E-state index contributed by atoms with van der Waals surface area (Å²) < 4.78 is 28.7. The Balaban J connectivity index is 2.51. The van der Waals surface area contributed by atoms with Gasteiger partial charge in [0.2, 0.25) is 0 Å². The van der Waals surface area contributed by atoms with Crippen LogP contribution < -0.4 is 10.5 Å². The predicted octanol–water partition coefficient (Wildman–Crippen LogP) is 3.76. The number of nitrogens with two attached hydrogens (primary N) is 1. The van der Waals surface area contributed by atoms with Crippen LogP contribution in [0, 0.1) is 20.8 Å². The molecule has 0 radical (unpaired) electrons. The third kappa shape index (κ3) is 3.22. The summed E-state index contributed by atoms with van der Waals surface area (Å²) in [5, 5.41) is 0. The van der Waals surface area contributed by atoms with Crippen LogP contribution >= 0.6 is 15.9 Å². The highest BCUT2D eigenvalue weighted by Crippen LogP contribution is 2.28. The maximum atomic E-state index is 12.6. The minimum Gasteiger partial charge on any atom is -0.398 e. The van der Waals surface area contributed by atoms with Gasteiger partial charge in [0.05, 0.1) is 10.6 Å². The summed E-state index contributed by atoms with van der Waals surface area (Å²) in [5.41, 5.74) is 9.08. The van der Waals surface area contributed by atoms with Crippen LogP contribution in [0.4, 0.5) is 11.4 Å². The normalized spacial score (nSPS) is 11.4. The smallest absolute Gasteiger partial charge is 0.262 e. The van der Waals surface area contributed by atoms with Crippen LogP contribution in [0.3, 0.4) is 0 Å². The van der Waals surface area contributed by atoms with Gasteiger partial charge in [0.15, 0.2) is 0 Å². The van der Waals surface area contributed by atoms with E-state index in [4.69, 9.17) is 5.73 Å². The van der Waals surface area contributed by atoms with E-state index in [0.717, 1.165) is 15.6 Å². The Labute approximate surface area is 133 Å². The standard InChI is InChI=1S/C15H17BrN2O2S/c1-9-7-13(17)11(3)15(8-9)21(19,20)18-14-6-4-5-12(16)10(14)2/h4-8,18H,17H2,1-3H3. The zero-order valence-electron chi connectivity index (χ0n) is 12.1. The summed E-state index contributed by atoms with van der Waals surface area (Å²) in [5.74, 6) is 0. The first-order chi connectivity index (χ1) is 9.72. The Morgan fingerprint density at radius 1 is 1.10 bits per heavy atom. The van der Waals surface area contributed by atoms with E-state index in [1.54, 1.807) is 31.2 Å². The highest BCUT2D eigenvalue weighted by molar-refractivity contribution is 9.10. The first-order valence-electron chi connectivity index (χ1n) is 6.37. The minimum atomic E-state index is -3.68. The summed E-state index contributed by atoms with van der Waals surface area (Å²) in [6.07, 6.45) is 0. The van der Waals surface area contributed by atoms with Crippen LogP contribution in [0.1, 0.15) is 16.7 Å². The van der Waals surface area contributed by atoms with Crippen molar-refractivity contribution < 1.29 is 8.42 Å². The lowest BCUT2D eigenvalue weighted by atomic mass is 10.1. The van der Waals surface area contributed by atoms with Crippen LogP contribution in [0.25, 0.3) is 0 Å². The van der Waals surface area contributed by atoms with Crippen molar-refractivity contribution in [2.45, 2.75) is 25.7 Å². The minimum absolute atomic E-state index is 0.208. The lowest BCUT2D eigenvalue weighted by Crippen LogP contribution is -2.16. The molecule has 0 saturated carbocycles. The fourth-order valence-electron chi connectivity index (χ4n) is 2.05.